The molecule has 3 aromatic rings. The van der Waals surface area contributed by atoms with Crippen molar-refractivity contribution in [3.05, 3.63) is 68.5 Å². The highest BCUT2D eigenvalue weighted by atomic mass is 32.1. The van der Waals surface area contributed by atoms with Gasteiger partial charge in [-0.15, -0.1) is 11.3 Å². The highest BCUT2D eigenvalue weighted by molar-refractivity contribution is 7.73. The van der Waals surface area contributed by atoms with Crippen molar-refractivity contribution in [1.29, 1.82) is 0 Å². The lowest BCUT2D eigenvalue weighted by Crippen LogP contribution is -2.14. The lowest BCUT2D eigenvalue weighted by atomic mass is 10.0. The molecular weight excluding hydrogens is 424 g/mol. The van der Waals surface area contributed by atoms with Crippen molar-refractivity contribution >= 4 is 58.5 Å². The highest BCUT2D eigenvalue weighted by Gasteiger charge is 2.27. The fourth-order valence-electron chi connectivity index (χ4n) is 3.12. The minimum absolute atomic E-state index is 0.0738. The molecule has 0 bridgehead atoms. The van der Waals surface area contributed by atoms with Crippen molar-refractivity contribution in [3.63, 3.8) is 0 Å². The third-order valence-electron chi connectivity index (χ3n) is 4.50. The first kappa shape index (κ1) is 19.7. The fourth-order valence-corrected chi connectivity index (χ4v) is 4.41. The summed E-state index contributed by atoms with van der Waals surface area (Å²) in [7, 11) is 1.28. The summed E-state index contributed by atoms with van der Waals surface area (Å²) in [6.45, 7) is 0. The number of rotatable bonds is 4. The Morgan fingerprint density at radius 2 is 1.97 bits per heavy atom. The Balaban J connectivity index is 1.86. The quantitative estimate of drug-likeness (QED) is 0.460. The molecule has 1 aliphatic rings. The molecule has 4 rings (SSSR count). The molecular formula is C21H14N2O5S2. The molecule has 0 saturated carbocycles. The molecule has 2 N–H and O–H groups in total. The molecule has 150 valence electrons. The normalized spacial score (nSPS) is 13.8. The van der Waals surface area contributed by atoms with Gasteiger partial charge in [0.15, 0.2) is 9.67 Å². The monoisotopic (exact) mass is 438 g/mol. The zero-order valence-corrected chi connectivity index (χ0v) is 17.2. The molecule has 1 aromatic heterocycles. The van der Waals surface area contributed by atoms with Crippen LogP contribution in [-0.4, -0.2) is 39.5 Å². The standard InChI is InChI=1S/C21H14N2O5S2/c1-28-20(27)17-14(13-7-2-3-8-15(13)22-17)10-16-18(24)23(21(29)30-16)12-6-4-5-11(9-12)19(25)26/h2-10,24H,1H3,(H,25,26). The second-order valence-electron chi connectivity index (χ2n) is 6.27. The van der Waals surface area contributed by atoms with Crippen LogP contribution in [0.25, 0.3) is 17.3 Å². The first-order chi connectivity index (χ1) is 14.4. The molecule has 0 radical (unpaired) electrons. The van der Waals surface area contributed by atoms with Gasteiger partial charge in [0, 0.05) is 11.1 Å². The number of ether oxygens (including phenoxy) is 1. The van der Waals surface area contributed by atoms with Crippen LogP contribution in [-0.2, 0) is 9.53 Å². The van der Waals surface area contributed by atoms with Gasteiger partial charge in [0.05, 0.1) is 28.9 Å². The Bertz CT molecular complexity index is 1320. The molecule has 30 heavy (non-hydrogen) atoms. The molecule has 2 heterocycles. The third kappa shape index (κ3) is 3.34. The van der Waals surface area contributed by atoms with Crippen molar-refractivity contribution in [1.82, 2.24) is 4.57 Å². The number of thiazole rings is 1. The van der Waals surface area contributed by atoms with Crippen molar-refractivity contribution in [3.8, 4) is 11.6 Å². The maximum atomic E-state index is 12.2. The summed E-state index contributed by atoms with van der Waals surface area (Å²) in [6.07, 6.45) is 1.63. The van der Waals surface area contributed by atoms with Gasteiger partial charge in [-0.05, 0) is 42.6 Å². The second kappa shape index (κ2) is 7.69. The molecule has 0 aliphatic carbocycles. The Morgan fingerprint density at radius 3 is 2.70 bits per heavy atom. The molecule has 1 aliphatic heterocycles. The minimum Gasteiger partial charge on any atom is -0.493 e. The van der Waals surface area contributed by atoms with E-state index >= 15 is 0 Å². The van der Waals surface area contributed by atoms with E-state index in [0.29, 0.717) is 25.8 Å². The molecule has 0 amide bonds. The van der Waals surface area contributed by atoms with Crippen LogP contribution >= 0.6 is 23.6 Å². The SMILES string of the molecule is COC(=O)C1=Nc2ccccc2C1=Cc1sc(=S)n(-c2cccc(C(=O)O)c2)c1O. The van der Waals surface area contributed by atoms with Gasteiger partial charge in [-0.1, -0.05) is 24.3 Å². The number of carboxylic acid groups (broad SMARTS) is 1. The number of hydrogen-bond donors (Lipinski definition) is 2. The van der Waals surface area contributed by atoms with E-state index in [-0.39, 0.29) is 17.2 Å². The number of benzene rings is 2. The molecule has 7 nitrogen and oxygen atoms in total. The summed E-state index contributed by atoms with van der Waals surface area (Å²) in [5.74, 6) is -1.83. The lowest BCUT2D eigenvalue weighted by molar-refractivity contribution is -0.132. The molecule has 9 heteroatoms. The lowest BCUT2D eigenvalue weighted by Gasteiger charge is -2.06. The van der Waals surface area contributed by atoms with E-state index in [1.807, 2.05) is 18.2 Å². The van der Waals surface area contributed by atoms with Crippen LogP contribution in [0.15, 0.2) is 53.5 Å². The van der Waals surface area contributed by atoms with Crippen LogP contribution in [0.4, 0.5) is 5.69 Å². The molecule has 0 saturated heterocycles. The number of carbonyl (C=O) groups excluding carboxylic acids is 1. The van der Waals surface area contributed by atoms with E-state index < -0.39 is 11.9 Å². The smallest absolute Gasteiger partial charge is 0.357 e. The van der Waals surface area contributed by atoms with Crippen LogP contribution in [0.5, 0.6) is 5.88 Å². The molecule has 0 atom stereocenters. The van der Waals surface area contributed by atoms with E-state index in [0.717, 1.165) is 16.9 Å². The van der Waals surface area contributed by atoms with Crippen LogP contribution < -0.4 is 0 Å². The van der Waals surface area contributed by atoms with Crippen molar-refractivity contribution in [2.75, 3.05) is 7.11 Å². The average Bonchev–Trinajstić information content (AvgIpc) is 3.24. The summed E-state index contributed by atoms with van der Waals surface area (Å²) in [4.78, 5) is 28.3. The summed E-state index contributed by atoms with van der Waals surface area (Å²) < 4.78 is 6.55. The molecule has 0 fully saturated rings. The van der Waals surface area contributed by atoms with Crippen molar-refractivity contribution in [2.45, 2.75) is 0 Å². The van der Waals surface area contributed by atoms with E-state index in [9.17, 15) is 19.8 Å². The van der Waals surface area contributed by atoms with Crippen molar-refractivity contribution in [2.24, 2.45) is 4.99 Å². The van der Waals surface area contributed by atoms with E-state index in [2.05, 4.69) is 4.99 Å². The van der Waals surface area contributed by atoms with Gasteiger partial charge < -0.3 is 14.9 Å². The number of para-hydroxylation sites is 1. The predicted octanol–water partition coefficient (Wildman–Crippen LogP) is 4.47. The van der Waals surface area contributed by atoms with Crippen molar-refractivity contribution < 1.29 is 24.5 Å². The van der Waals surface area contributed by atoms with Gasteiger partial charge >= 0.3 is 11.9 Å². The summed E-state index contributed by atoms with van der Waals surface area (Å²) in [5, 5.41) is 20.1. The topological polar surface area (TPSA) is 101 Å². The predicted molar refractivity (Wildman–Crippen MR) is 117 cm³/mol. The van der Waals surface area contributed by atoms with Gasteiger partial charge in [0.2, 0.25) is 5.88 Å². The Hall–Kier alpha value is -3.56. The number of carbonyl (C=O) groups is 2. The Labute approximate surface area is 179 Å². The number of esters is 1. The zero-order valence-electron chi connectivity index (χ0n) is 15.5. The Kier molecular flexibility index (Phi) is 5.06. The number of aliphatic imine (C=N–C) groups is 1. The van der Waals surface area contributed by atoms with E-state index in [1.54, 1.807) is 24.3 Å². The van der Waals surface area contributed by atoms with Gasteiger partial charge in [-0.25, -0.2) is 14.6 Å². The van der Waals surface area contributed by atoms with Crippen LogP contribution in [0.3, 0.4) is 0 Å². The molecule has 0 unspecified atom stereocenters. The minimum atomic E-state index is -1.08. The largest absolute Gasteiger partial charge is 0.493 e. The number of carboxylic acids is 1. The molecule has 0 spiro atoms. The number of aromatic hydroxyl groups is 1. The number of aromatic carboxylic acids is 1. The average molecular weight is 438 g/mol. The van der Waals surface area contributed by atoms with Gasteiger partial charge in [0.1, 0.15) is 0 Å². The van der Waals surface area contributed by atoms with E-state index in [1.165, 1.54) is 23.8 Å². The number of fused-ring (bicyclic) bond motifs is 1. The van der Waals surface area contributed by atoms with Crippen LogP contribution in [0.2, 0.25) is 0 Å². The van der Waals surface area contributed by atoms with Gasteiger partial charge in [-0.3, -0.25) is 4.57 Å². The number of hydrogen-bond acceptors (Lipinski definition) is 7. The highest BCUT2D eigenvalue weighted by Crippen LogP contribution is 2.39. The van der Waals surface area contributed by atoms with Crippen LogP contribution in [0.1, 0.15) is 20.8 Å². The van der Waals surface area contributed by atoms with Gasteiger partial charge in [0.25, 0.3) is 0 Å². The molecule has 2 aromatic carbocycles. The maximum absolute atomic E-state index is 12.2. The fraction of sp³-hybridized carbons (Fsp3) is 0.0476. The number of methoxy groups -OCH3 is 1. The number of nitrogens with zero attached hydrogens (tertiary/aromatic N) is 2. The maximum Gasteiger partial charge on any atom is 0.357 e. The zero-order chi connectivity index (χ0) is 21.4. The summed E-state index contributed by atoms with van der Waals surface area (Å²) in [6, 6.07) is 13.3. The first-order valence-electron chi connectivity index (χ1n) is 8.67. The summed E-state index contributed by atoms with van der Waals surface area (Å²) in [5.41, 5.74) is 2.50. The van der Waals surface area contributed by atoms with Crippen LogP contribution in [0, 0.1) is 3.95 Å². The first-order valence-corrected chi connectivity index (χ1v) is 9.90. The third-order valence-corrected chi connectivity index (χ3v) is 5.81. The Morgan fingerprint density at radius 1 is 1.20 bits per heavy atom. The van der Waals surface area contributed by atoms with Gasteiger partial charge in [-0.2, -0.15) is 0 Å². The summed E-state index contributed by atoms with van der Waals surface area (Å²) >= 11 is 6.53. The number of aromatic nitrogens is 1. The van der Waals surface area contributed by atoms with E-state index in [4.69, 9.17) is 17.0 Å². The second-order valence-corrected chi connectivity index (χ2v) is 7.95.